The Hall–Kier alpha value is -2.61. The molecule has 28 heavy (non-hydrogen) atoms. The Morgan fingerprint density at radius 1 is 1.25 bits per heavy atom. The van der Waals surface area contributed by atoms with Gasteiger partial charge in [-0.15, -0.1) is 0 Å². The van der Waals surface area contributed by atoms with E-state index in [1.165, 1.54) is 12.0 Å². The Morgan fingerprint density at radius 3 is 2.75 bits per heavy atom. The third-order valence-electron chi connectivity index (χ3n) is 5.37. The first kappa shape index (κ1) is 20.1. The highest BCUT2D eigenvalue weighted by Crippen LogP contribution is 2.31. The summed E-state index contributed by atoms with van der Waals surface area (Å²) in [5.74, 6) is -0.617. The number of carbonyl (C=O) groups is 3. The largest absolute Gasteiger partial charge is 0.484 e. The third kappa shape index (κ3) is 4.27. The van der Waals surface area contributed by atoms with Gasteiger partial charge in [0.15, 0.2) is 6.61 Å². The van der Waals surface area contributed by atoms with Crippen LogP contribution < -0.4 is 9.64 Å². The van der Waals surface area contributed by atoms with Gasteiger partial charge in [-0.1, -0.05) is 6.07 Å². The van der Waals surface area contributed by atoms with Gasteiger partial charge in [-0.2, -0.15) is 0 Å². The second-order valence-corrected chi connectivity index (χ2v) is 7.37. The first-order chi connectivity index (χ1) is 13.4. The number of carboxylic acid groups (broad SMARTS) is 1. The standard InChI is InChI=1S/C20H26N2O6/c1-27-14-20(19(25)26)8-4-9-21(13-20)18(24)12-28-16-6-2-5-15(11-16)22-10-3-7-17(22)23/h2,5-6,11H,3-4,7-10,12-14H2,1H3,(H,25,26). The van der Waals surface area contributed by atoms with E-state index in [9.17, 15) is 19.5 Å². The molecule has 0 aromatic heterocycles. The smallest absolute Gasteiger partial charge is 0.313 e. The molecule has 1 atom stereocenters. The summed E-state index contributed by atoms with van der Waals surface area (Å²) in [6, 6.07) is 7.11. The highest BCUT2D eigenvalue weighted by molar-refractivity contribution is 5.95. The maximum Gasteiger partial charge on any atom is 0.313 e. The van der Waals surface area contributed by atoms with E-state index in [-0.39, 0.29) is 31.6 Å². The van der Waals surface area contributed by atoms with Gasteiger partial charge in [0.2, 0.25) is 5.91 Å². The second kappa shape index (κ2) is 8.60. The number of carboxylic acids is 1. The average Bonchev–Trinajstić information content (AvgIpc) is 3.12. The Kier molecular flexibility index (Phi) is 6.18. The summed E-state index contributed by atoms with van der Waals surface area (Å²) < 4.78 is 10.7. The third-order valence-corrected chi connectivity index (χ3v) is 5.37. The number of benzene rings is 1. The topological polar surface area (TPSA) is 96.4 Å². The summed E-state index contributed by atoms with van der Waals surface area (Å²) in [6.07, 6.45) is 2.47. The van der Waals surface area contributed by atoms with Gasteiger partial charge in [0.05, 0.1) is 6.61 Å². The van der Waals surface area contributed by atoms with E-state index in [2.05, 4.69) is 0 Å². The zero-order valence-corrected chi connectivity index (χ0v) is 16.1. The van der Waals surface area contributed by atoms with Crippen LogP contribution in [0.3, 0.4) is 0 Å². The number of hydrogen-bond donors (Lipinski definition) is 1. The van der Waals surface area contributed by atoms with E-state index in [1.807, 2.05) is 6.07 Å². The van der Waals surface area contributed by atoms with Gasteiger partial charge in [-0.25, -0.2) is 0 Å². The molecule has 0 radical (unpaired) electrons. The SMILES string of the molecule is COCC1(C(=O)O)CCCN(C(=O)COc2cccc(N3CCCC3=O)c2)C1. The summed E-state index contributed by atoms with van der Waals surface area (Å²) in [7, 11) is 1.46. The average molecular weight is 390 g/mol. The molecule has 8 heteroatoms. The highest BCUT2D eigenvalue weighted by atomic mass is 16.5. The molecule has 1 aromatic carbocycles. The molecular formula is C20H26N2O6. The summed E-state index contributed by atoms with van der Waals surface area (Å²) in [6.45, 7) is 1.19. The van der Waals surface area contributed by atoms with Crippen LogP contribution in [0.4, 0.5) is 5.69 Å². The normalized spacial score (nSPS) is 22.4. The number of amides is 2. The number of rotatable bonds is 7. The van der Waals surface area contributed by atoms with Crippen LogP contribution in [0.5, 0.6) is 5.75 Å². The fourth-order valence-electron chi connectivity index (χ4n) is 3.87. The Balaban J connectivity index is 1.61. The van der Waals surface area contributed by atoms with Crippen molar-refractivity contribution in [1.82, 2.24) is 4.90 Å². The highest BCUT2D eigenvalue weighted by Gasteiger charge is 2.43. The van der Waals surface area contributed by atoms with Gasteiger partial charge in [-0.05, 0) is 31.4 Å². The molecule has 3 rings (SSSR count). The number of anilines is 1. The number of hydrogen-bond acceptors (Lipinski definition) is 5. The molecule has 0 bridgehead atoms. The molecular weight excluding hydrogens is 364 g/mol. The van der Waals surface area contributed by atoms with E-state index in [4.69, 9.17) is 9.47 Å². The molecule has 8 nitrogen and oxygen atoms in total. The zero-order valence-electron chi connectivity index (χ0n) is 16.1. The van der Waals surface area contributed by atoms with Crippen LogP contribution in [-0.2, 0) is 19.1 Å². The fraction of sp³-hybridized carbons (Fsp3) is 0.550. The molecule has 0 aliphatic carbocycles. The number of ether oxygens (including phenoxy) is 2. The lowest BCUT2D eigenvalue weighted by Crippen LogP contribution is -2.53. The maximum atomic E-state index is 12.6. The van der Waals surface area contributed by atoms with Crippen LogP contribution in [0.2, 0.25) is 0 Å². The molecule has 2 aliphatic rings. The minimum Gasteiger partial charge on any atom is -0.484 e. The maximum absolute atomic E-state index is 12.6. The van der Waals surface area contributed by atoms with Crippen molar-refractivity contribution in [3.63, 3.8) is 0 Å². The van der Waals surface area contributed by atoms with Gasteiger partial charge < -0.3 is 24.4 Å². The minimum atomic E-state index is -1.07. The van der Waals surface area contributed by atoms with Crippen molar-refractivity contribution in [1.29, 1.82) is 0 Å². The van der Waals surface area contributed by atoms with Gasteiger partial charge >= 0.3 is 5.97 Å². The summed E-state index contributed by atoms with van der Waals surface area (Å²) in [5.41, 5.74) is -0.311. The van der Waals surface area contributed by atoms with Gasteiger partial charge in [0, 0.05) is 44.9 Å². The van der Waals surface area contributed by atoms with Gasteiger partial charge in [0.25, 0.3) is 5.91 Å². The van der Waals surface area contributed by atoms with Crippen molar-refractivity contribution in [2.75, 3.05) is 44.9 Å². The van der Waals surface area contributed by atoms with E-state index < -0.39 is 11.4 Å². The number of piperidine rings is 1. The molecule has 0 saturated carbocycles. The van der Waals surface area contributed by atoms with E-state index in [0.29, 0.717) is 38.1 Å². The lowest BCUT2D eigenvalue weighted by molar-refractivity contribution is -0.159. The molecule has 2 saturated heterocycles. The van der Waals surface area contributed by atoms with Crippen molar-refractivity contribution in [2.24, 2.45) is 5.41 Å². The molecule has 152 valence electrons. The summed E-state index contributed by atoms with van der Waals surface area (Å²) in [5, 5.41) is 9.60. The number of nitrogens with zero attached hydrogens (tertiary/aromatic N) is 2. The number of likely N-dealkylation sites (tertiary alicyclic amines) is 1. The number of aliphatic carboxylic acids is 1. The van der Waals surface area contributed by atoms with E-state index >= 15 is 0 Å². The lowest BCUT2D eigenvalue weighted by atomic mass is 9.80. The monoisotopic (exact) mass is 390 g/mol. The van der Waals surface area contributed by atoms with Gasteiger partial charge in [-0.3, -0.25) is 14.4 Å². The first-order valence-electron chi connectivity index (χ1n) is 9.48. The molecule has 2 heterocycles. The van der Waals surface area contributed by atoms with Crippen LogP contribution in [-0.4, -0.2) is 67.7 Å². The van der Waals surface area contributed by atoms with Crippen LogP contribution in [0, 0.1) is 5.41 Å². The fourth-order valence-corrected chi connectivity index (χ4v) is 3.87. The Labute approximate surface area is 164 Å². The lowest BCUT2D eigenvalue weighted by Gasteiger charge is -2.39. The molecule has 2 aliphatic heterocycles. The molecule has 1 unspecified atom stereocenters. The number of methoxy groups -OCH3 is 1. The van der Waals surface area contributed by atoms with Crippen molar-refractivity contribution in [3.8, 4) is 5.75 Å². The van der Waals surface area contributed by atoms with E-state index in [1.54, 1.807) is 23.1 Å². The second-order valence-electron chi connectivity index (χ2n) is 7.37. The molecule has 0 spiro atoms. The van der Waals surface area contributed by atoms with Crippen LogP contribution in [0.1, 0.15) is 25.7 Å². The van der Waals surface area contributed by atoms with E-state index in [0.717, 1.165) is 12.1 Å². The van der Waals surface area contributed by atoms with Crippen LogP contribution in [0.15, 0.2) is 24.3 Å². The summed E-state index contributed by atoms with van der Waals surface area (Å²) in [4.78, 5) is 39.4. The number of carbonyl (C=O) groups excluding carboxylic acids is 2. The molecule has 2 fully saturated rings. The van der Waals surface area contributed by atoms with Crippen LogP contribution >= 0.6 is 0 Å². The minimum absolute atomic E-state index is 0.0683. The predicted molar refractivity (Wildman–Crippen MR) is 101 cm³/mol. The van der Waals surface area contributed by atoms with Gasteiger partial charge in [0.1, 0.15) is 11.2 Å². The summed E-state index contributed by atoms with van der Waals surface area (Å²) >= 11 is 0. The van der Waals surface area contributed by atoms with Crippen molar-refractivity contribution in [2.45, 2.75) is 25.7 Å². The predicted octanol–water partition coefficient (Wildman–Crippen LogP) is 1.53. The Bertz CT molecular complexity index is 748. The van der Waals surface area contributed by atoms with Crippen molar-refractivity contribution in [3.05, 3.63) is 24.3 Å². The zero-order chi connectivity index (χ0) is 20.1. The molecule has 1 aromatic rings. The van der Waals surface area contributed by atoms with Crippen molar-refractivity contribution >= 4 is 23.5 Å². The Morgan fingerprint density at radius 2 is 2.07 bits per heavy atom. The quantitative estimate of drug-likeness (QED) is 0.759. The molecule has 1 N–H and O–H groups in total. The molecule has 2 amide bonds. The van der Waals surface area contributed by atoms with Crippen molar-refractivity contribution < 1.29 is 29.0 Å². The first-order valence-corrected chi connectivity index (χ1v) is 9.48. The van der Waals surface area contributed by atoms with Crippen LogP contribution in [0.25, 0.3) is 0 Å².